The zero-order valence-electron chi connectivity index (χ0n) is 6.79. The summed E-state index contributed by atoms with van der Waals surface area (Å²) in [5.74, 6) is 4.99. The Morgan fingerprint density at radius 1 is 1.38 bits per heavy atom. The first-order valence-electron chi connectivity index (χ1n) is 3.79. The zero-order chi connectivity index (χ0) is 9.26. The lowest BCUT2D eigenvalue weighted by Gasteiger charge is -1.89. The summed E-state index contributed by atoms with van der Waals surface area (Å²) in [7, 11) is 0. The fraction of sp³-hybridized carbons (Fsp3) is 0.111. The van der Waals surface area contributed by atoms with Gasteiger partial charge < -0.3 is 0 Å². The number of hydrogen-bond donors (Lipinski definition) is 1. The van der Waals surface area contributed by atoms with Crippen molar-refractivity contribution in [1.82, 2.24) is 0 Å². The number of nitrogens with two attached hydrogens (primary N) is 1. The highest BCUT2D eigenvalue weighted by atomic mass is 35.5. The van der Waals surface area contributed by atoms with E-state index in [1.165, 1.54) is 10.1 Å². The highest BCUT2D eigenvalue weighted by molar-refractivity contribution is 7.19. The third-order valence-corrected chi connectivity index (χ3v) is 3.07. The smallest absolute Gasteiger partial charge is 0.102 e. The van der Waals surface area contributed by atoms with Crippen molar-refractivity contribution in [1.29, 1.82) is 0 Å². The maximum Gasteiger partial charge on any atom is 0.102 e. The van der Waals surface area contributed by atoms with Gasteiger partial charge in [-0.1, -0.05) is 17.7 Å². The van der Waals surface area contributed by atoms with Crippen molar-refractivity contribution in [2.45, 2.75) is 6.61 Å². The highest BCUT2D eigenvalue weighted by Crippen LogP contribution is 2.28. The van der Waals surface area contributed by atoms with E-state index >= 15 is 0 Å². The molecule has 0 amide bonds. The second-order valence-corrected chi connectivity index (χ2v) is 4.31. The van der Waals surface area contributed by atoms with Crippen molar-refractivity contribution in [3.8, 4) is 0 Å². The Kier molecular flexibility index (Phi) is 2.51. The summed E-state index contributed by atoms with van der Waals surface area (Å²) in [6.07, 6.45) is 0. The minimum Gasteiger partial charge on any atom is -0.299 e. The molecule has 0 bridgehead atoms. The number of fused-ring (bicyclic) bond motifs is 1. The summed E-state index contributed by atoms with van der Waals surface area (Å²) in [6.45, 7) is 0.455. The van der Waals surface area contributed by atoms with Crippen molar-refractivity contribution in [3.63, 3.8) is 0 Å². The second-order valence-electron chi connectivity index (χ2n) is 2.71. The number of thiophene rings is 1. The van der Waals surface area contributed by atoms with Crippen LogP contribution < -0.4 is 5.90 Å². The molecule has 1 heterocycles. The molecule has 4 heteroatoms. The molecule has 2 aromatic rings. The van der Waals surface area contributed by atoms with Crippen LogP contribution in [-0.2, 0) is 11.4 Å². The van der Waals surface area contributed by atoms with Crippen LogP contribution in [-0.4, -0.2) is 0 Å². The Balaban J connectivity index is 2.49. The van der Waals surface area contributed by atoms with E-state index in [2.05, 4.69) is 10.9 Å². The maximum absolute atomic E-state index is 5.86. The Labute approximate surface area is 84.8 Å². The third-order valence-electron chi connectivity index (χ3n) is 1.76. The van der Waals surface area contributed by atoms with Crippen LogP contribution in [0.15, 0.2) is 24.3 Å². The molecule has 0 saturated heterocycles. The van der Waals surface area contributed by atoms with Crippen LogP contribution in [0.5, 0.6) is 0 Å². The largest absolute Gasteiger partial charge is 0.299 e. The average Bonchev–Trinajstić information content (AvgIpc) is 2.46. The Morgan fingerprint density at radius 3 is 3.00 bits per heavy atom. The SMILES string of the molecule is NOCc1cc2ccc(Cl)cc2s1. The molecule has 0 atom stereocenters. The molecular formula is C9H8ClNOS. The van der Waals surface area contributed by atoms with E-state index in [-0.39, 0.29) is 0 Å². The average molecular weight is 214 g/mol. The van der Waals surface area contributed by atoms with E-state index in [0.717, 1.165) is 9.90 Å². The van der Waals surface area contributed by atoms with Gasteiger partial charge in [-0.05, 0) is 23.6 Å². The molecular weight excluding hydrogens is 206 g/mol. The van der Waals surface area contributed by atoms with E-state index in [1.54, 1.807) is 11.3 Å². The summed E-state index contributed by atoms with van der Waals surface area (Å²) >= 11 is 7.50. The highest BCUT2D eigenvalue weighted by Gasteiger charge is 2.01. The van der Waals surface area contributed by atoms with Gasteiger partial charge in [0.2, 0.25) is 0 Å². The molecule has 0 unspecified atom stereocenters. The van der Waals surface area contributed by atoms with Crippen molar-refractivity contribution in [2.24, 2.45) is 5.90 Å². The minimum atomic E-state index is 0.455. The Hall–Kier alpha value is -0.610. The van der Waals surface area contributed by atoms with E-state index in [4.69, 9.17) is 17.5 Å². The van der Waals surface area contributed by atoms with E-state index < -0.39 is 0 Å². The van der Waals surface area contributed by atoms with Gasteiger partial charge in [0, 0.05) is 14.6 Å². The lowest BCUT2D eigenvalue weighted by atomic mass is 10.2. The number of hydrogen-bond acceptors (Lipinski definition) is 3. The van der Waals surface area contributed by atoms with Gasteiger partial charge in [0.25, 0.3) is 0 Å². The van der Waals surface area contributed by atoms with E-state index in [9.17, 15) is 0 Å². The number of rotatable bonds is 2. The van der Waals surface area contributed by atoms with Crippen LogP contribution in [0.1, 0.15) is 4.88 Å². The van der Waals surface area contributed by atoms with Crippen LogP contribution in [0, 0.1) is 0 Å². The van der Waals surface area contributed by atoms with E-state index in [0.29, 0.717) is 6.61 Å². The van der Waals surface area contributed by atoms with Gasteiger partial charge in [0.05, 0.1) is 0 Å². The minimum absolute atomic E-state index is 0.455. The lowest BCUT2D eigenvalue weighted by Crippen LogP contribution is -1.96. The van der Waals surface area contributed by atoms with Gasteiger partial charge in [0.1, 0.15) is 6.61 Å². The van der Waals surface area contributed by atoms with Crippen LogP contribution in [0.2, 0.25) is 5.02 Å². The van der Waals surface area contributed by atoms with Crippen LogP contribution >= 0.6 is 22.9 Å². The molecule has 0 aliphatic carbocycles. The normalized spacial score (nSPS) is 10.9. The van der Waals surface area contributed by atoms with Gasteiger partial charge in [-0.2, -0.15) is 0 Å². The van der Waals surface area contributed by atoms with Crippen molar-refractivity contribution in [2.75, 3.05) is 0 Å². The molecule has 13 heavy (non-hydrogen) atoms. The zero-order valence-corrected chi connectivity index (χ0v) is 8.36. The van der Waals surface area contributed by atoms with Crippen LogP contribution in [0.25, 0.3) is 10.1 Å². The third kappa shape index (κ3) is 1.84. The fourth-order valence-electron chi connectivity index (χ4n) is 1.21. The molecule has 2 nitrogen and oxygen atoms in total. The first-order valence-corrected chi connectivity index (χ1v) is 4.99. The number of halogens is 1. The standard InChI is InChI=1S/C9H8ClNOS/c10-7-2-1-6-3-8(5-12-11)13-9(6)4-7/h1-4H,5,11H2. The molecule has 68 valence electrons. The van der Waals surface area contributed by atoms with Crippen molar-refractivity contribution < 1.29 is 4.84 Å². The summed E-state index contributed by atoms with van der Waals surface area (Å²) in [5, 5.41) is 1.94. The predicted octanol–water partition coefficient (Wildman–Crippen LogP) is 2.95. The molecule has 2 N–H and O–H groups in total. The molecule has 0 aliphatic rings. The fourth-order valence-corrected chi connectivity index (χ4v) is 2.48. The quantitative estimate of drug-likeness (QED) is 0.779. The lowest BCUT2D eigenvalue weighted by molar-refractivity contribution is 0.126. The van der Waals surface area contributed by atoms with Crippen molar-refractivity contribution in [3.05, 3.63) is 34.2 Å². The van der Waals surface area contributed by atoms with E-state index in [1.807, 2.05) is 18.2 Å². The molecule has 1 aromatic carbocycles. The molecule has 0 radical (unpaired) electrons. The monoisotopic (exact) mass is 213 g/mol. The number of benzene rings is 1. The molecule has 0 fully saturated rings. The molecule has 0 saturated carbocycles. The summed E-state index contributed by atoms with van der Waals surface area (Å²) in [4.78, 5) is 5.68. The second kappa shape index (κ2) is 3.64. The van der Waals surface area contributed by atoms with Crippen LogP contribution in [0.3, 0.4) is 0 Å². The molecule has 2 rings (SSSR count). The van der Waals surface area contributed by atoms with Crippen molar-refractivity contribution >= 4 is 33.0 Å². The van der Waals surface area contributed by atoms with Gasteiger partial charge in [-0.3, -0.25) is 4.84 Å². The topological polar surface area (TPSA) is 35.2 Å². The summed E-state index contributed by atoms with van der Waals surface area (Å²) < 4.78 is 1.17. The first-order chi connectivity index (χ1) is 6.29. The summed E-state index contributed by atoms with van der Waals surface area (Å²) in [5.41, 5.74) is 0. The van der Waals surface area contributed by atoms with Gasteiger partial charge in [0.15, 0.2) is 0 Å². The predicted molar refractivity (Wildman–Crippen MR) is 55.8 cm³/mol. The van der Waals surface area contributed by atoms with Gasteiger partial charge in [-0.25, -0.2) is 5.90 Å². The first kappa shape index (κ1) is 8.97. The summed E-state index contributed by atoms with van der Waals surface area (Å²) in [6, 6.07) is 7.88. The molecule has 0 aliphatic heterocycles. The van der Waals surface area contributed by atoms with Gasteiger partial charge >= 0.3 is 0 Å². The van der Waals surface area contributed by atoms with Gasteiger partial charge in [-0.15, -0.1) is 11.3 Å². The Bertz CT molecular complexity index is 426. The van der Waals surface area contributed by atoms with Crippen LogP contribution in [0.4, 0.5) is 0 Å². The Morgan fingerprint density at radius 2 is 2.23 bits per heavy atom. The molecule has 0 spiro atoms. The molecule has 1 aromatic heterocycles. The maximum atomic E-state index is 5.86.